The Kier molecular flexibility index (Phi) is 6.44. The summed E-state index contributed by atoms with van der Waals surface area (Å²) in [5.74, 6) is 0.454. The number of rotatable bonds is 7. The first-order valence-electron chi connectivity index (χ1n) is 6.56. The van der Waals surface area contributed by atoms with Crippen LogP contribution in [0.3, 0.4) is 0 Å². The lowest BCUT2D eigenvalue weighted by Crippen LogP contribution is -2.33. The average Bonchev–Trinajstić information content (AvgIpc) is 2.29. The first-order chi connectivity index (χ1) is 8.07. The van der Waals surface area contributed by atoms with Gasteiger partial charge in [-0.15, -0.1) is 0 Å². The van der Waals surface area contributed by atoms with Crippen LogP contribution in [0.5, 0.6) is 0 Å². The largest absolute Gasteiger partial charge is 0.377 e. The quantitative estimate of drug-likeness (QED) is 0.753. The van der Waals surface area contributed by atoms with Crippen molar-refractivity contribution < 1.29 is 13.2 Å². The predicted octanol–water partition coefficient (Wildman–Crippen LogP) is 1.36. The Morgan fingerprint density at radius 1 is 1.18 bits per heavy atom. The van der Waals surface area contributed by atoms with Crippen molar-refractivity contribution in [1.82, 2.24) is 5.32 Å². The molecule has 1 aliphatic rings. The minimum atomic E-state index is -2.89. The normalized spacial score (nSPS) is 26.0. The molecule has 0 radical (unpaired) electrons. The smallest absolute Gasteiger partial charge is 0.152 e. The first kappa shape index (κ1) is 14.9. The third-order valence-electron chi connectivity index (χ3n) is 3.35. The third-order valence-corrected chi connectivity index (χ3v) is 5.16. The summed E-state index contributed by atoms with van der Waals surface area (Å²) in [5, 5.41) is 3.27. The van der Waals surface area contributed by atoms with Crippen molar-refractivity contribution in [3.63, 3.8) is 0 Å². The van der Waals surface area contributed by atoms with E-state index in [1.54, 1.807) is 0 Å². The number of hydrogen-bond donors (Lipinski definition) is 1. The highest BCUT2D eigenvalue weighted by molar-refractivity contribution is 7.91. The second kappa shape index (κ2) is 7.34. The number of nitrogens with one attached hydrogen (secondary N) is 1. The molecule has 0 atom stereocenters. The molecule has 0 amide bonds. The zero-order chi connectivity index (χ0) is 12.7. The second-order valence-corrected chi connectivity index (χ2v) is 7.09. The Hall–Kier alpha value is -0.130. The first-order valence-corrected chi connectivity index (χ1v) is 8.39. The van der Waals surface area contributed by atoms with E-state index in [-0.39, 0.29) is 17.6 Å². The van der Waals surface area contributed by atoms with Crippen LogP contribution in [0, 0.1) is 0 Å². The molecular weight excluding hydrogens is 238 g/mol. The maximum atomic E-state index is 11.5. The van der Waals surface area contributed by atoms with Crippen LogP contribution in [0.4, 0.5) is 0 Å². The van der Waals surface area contributed by atoms with Gasteiger partial charge in [-0.3, -0.25) is 0 Å². The van der Waals surface area contributed by atoms with E-state index >= 15 is 0 Å². The molecule has 0 aromatic rings. The Morgan fingerprint density at radius 3 is 2.35 bits per heavy atom. The van der Waals surface area contributed by atoms with Crippen LogP contribution in [0.2, 0.25) is 0 Å². The summed E-state index contributed by atoms with van der Waals surface area (Å²) in [6.45, 7) is 2.24. The van der Waals surface area contributed by atoms with Crippen LogP contribution < -0.4 is 5.32 Å². The molecule has 0 aliphatic heterocycles. The van der Waals surface area contributed by atoms with Gasteiger partial charge in [0.1, 0.15) is 0 Å². The maximum Gasteiger partial charge on any atom is 0.152 e. The Labute approximate surface area is 105 Å². The lowest BCUT2D eigenvalue weighted by molar-refractivity contribution is 0.0321. The van der Waals surface area contributed by atoms with E-state index < -0.39 is 9.84 Å². The topological polar surface area (TPSA) is 55.4 Å². The molecule has 0 aromatic heterocycles. The van der Waals surface area contributed by atoms with Gasteiger partial charge >= 0.3 is 0 Å². The summed E-state index contributed by atoms with van der Waals surface area (Å²) < 4.78 is 28.6. The van der Waals surface area contributed by atoms with Gasteiger partial charge in [0.25, 0.3) is 0 Å². The number of hydrogen-bond acceptors (Lipinski definition) is 4. The molecule has 0 spiro atoms. The lowest BCUT2D eigenvalue weighted by atomic mass is 9.93. The Bertz CT molecular complexity index is 295. The van der Waals surface area contributed by atoms with Crippen LogP contribution in [-0.2, 0) is 14.6 Å². The molecule has 0 unspecified atom stereocenters. The van der Waals surface area contributed by atoms with E-state index in [1.807, 2.05) is 14.0 Å². The fraction of sp³-hybridized carbons (Fsp3) is 1.00. The molecule has 0 saturated heterocycles. The summed E-state index contributed by atoms with van der Waals surface area (Å²) in [6.07, 6.45) is 5.29. The van der Waals surface area contributed by atoms with E-state index in [0.29, 0.717) is 19.1 Å². The van der Waals surface area contributed by atoms with Crippen LogP contribution in [-0.4, -0.2) is 45.7 Å². The SMILES string of the molecule is CCCS(=O)(=O)CCOC1CCC(NC)CC1. The summed E-state index contributed by atoms with van der Waals surface area (Å²) in [5.41, 5.74) is 0. The molecule has 1 N–H and O–H groups in total. The third kappa shape index (κ3) is 5.84. The summed E-state index contributed by atoms with van der Waals surface area (Å²) >= 11 is 0. The average molecular weight is 263 g/mol. The minimum Gasteiger partial charge on any atom is -0.377 e. The fourth-order valence-electron chi connectivity index (χ4n) is 2.27. The second-order valence-electron chi connectivity index (χ2n) is 4.78. The lowest BCUT2D eigenvalue weighted by Gasteiger charge is -2.28. The predicted molar refractivity (Wildman–Crippen MR) is 70.0 cm³/mol. The highest BCUT2D eigenvalue weighted by atomic mass is 32.2. The van der Waals surface area contributed by atoms with Gasteiger partial charge in [-0.25, -0.2) is 8.42 Å². The van der Waals surface area contributed by atoms with Gasteiger partial charge in [-0.05, 0) is 39.2 Å². The van der Waals surface area contributed by atoms with Gasteiger partial charge in [0.05, 0.1) is 18.5 Å². The van der Waals surface area contributed by atoms with E-state index in [2.05, 4.69) is 5.32 Å². The Morgan fingerprint density at radius 2 is 1.82 bits per heavy atom. The van der Waals surface area contributed by atoms with Gasteiger partial charge in [-0.1, -0.05) is 6.92 Å². The van der Waals surface area contributed by atoms with Gasteiger partial charge in [0, 0.05) is 11.8 Å². The molecule has 0 heterocycles. The van der Waals surface area contributed by atoms with Crippen molar-refractivity contribution in [2.75, 3.05) is 25.2 Å². The minimum absolute atomic E-state index is 0.173. The van der Waals surface area contributed by atoms with Crippen LogP contribution >= 0.6 is 0 Å². The van der Waals surface area contributed by atoms with Crippen molar-refractivity contribution in [2.45, 2.75) is 51.2 Å². The van der Waals surface area contributed by atoms with Crippen LogP contribution in [0.25, 0.3) is 0 Å². The fourth-order valence-corrected chi connectivity index (χ4v) is 3.45. The molecule has 1 rings (SSSR count). The molecule has 0 bridgehead atoms. The molecular formula is C12H25NO3S. The maximum absolute atomic E-state index is 11.5. The molecule has 1 aliphatic carbocycles. The molecule has 102 valence electrons. The van der Waals surface area contributed by atoms with Crippen LogP contribution in [0.1, 0.15) is 39.0 Å². The van der Waals surface area contributed by atoms with Crippen molar-refractivity contribution in [3.8, 4) is 0 Å². The zero-order valence-corrected chi connectivity index (χ0v) is 11.8. The molecule has 1 saturated carbocycles. The van der Waals surface area contributed by atoms with Gasteiger partial charge in [0.15, 0.2) is 9.84 Å². The zero-order valence-electron chi connectivity index (χ0n) is 10.9. The van der Waals surface area contributed by atoms with Crippen molar-refractivity contribution >= 4 is 9.84 Å². The number of ether oxygens (including phenoxy) is 1. The highest BCUT2D eigenvalue weighted by Gasteiger charge is 2.20. The van der Waals surface area contributed by atoms with Gasteiger partial charge in [0.2, 0.25) is 0 Å². The molecule has 0 aromatic carbocycles. The van der Waals surface area contributed by atoms with E-state index in [9.17, 15) is 8.42 Å². The molecule has 5 heteroatoms. The van der Waals surface area contributed by atoms with Gasteiger partial charge < -0.3 is 10.1 Å². The summed E-state index contributed by atoms with van der Waals surface area (Å²) in [6, 6.07) is 0.610. The van der Waals surface area contributed by atoms with Crippen LogP contribution in [0.15, 0.2) is 0 Å². The monoisotopic (exact) mass is 263 g/mol. The summed E-state index contributed by atoms with van der Waals surface area (Å²) in [4.78, 5) is 0. The molecule has 4 nitrogen and oxygen atoms in total. The standard InChI is InChI=1S/C12H25NO3S/c1-3-9-17(14,15)10-8-16-12-6-4-11(13-2)5-7-12/h11-13H,3-10H2,1-2H3. The van der Waals surface area contributed by atoms with Gasteiger partial charge in [-0.2, -0.15) is 0 Å². The Balaban J connectivity index is 2.16. The van der Waals surface area contributed by atoms with Crippen molar-refractivity contribution in [1.29, 1.82) is 0 Å². The van der Waals surface area contributed by atoms with E-state index in [0.717, 1.165) is 25.7 Å². The van der Waals surface area contributed by atoms with E-state index in [1.165, 1.54) is 0 Å². The number of sulfone groups is 1. The molecule has 17 heavy (non-hydrogen) atoms. The summed E-state index contributed by atoms with van der Waals surface area (Å²) in [7, 11) is -0.896. The highest BCUT2D eigenvalue weighted by Crippen LogP contribution is 2.20. The van der Waals surface area contributed by atoms with E-state index in [4.69, 9.17) is 4.74 Å². The molecule has 1 fully saturated rings. The van der Waals surface area contributed by atoms with Crippen molar-refractivity contribution in [3.05, 3.63) is 0 Å². The van der Waals surface area contributed by atoms with Crippen molar-refractivity contribution in [2.24, 2.45) is 0 Å².